The van der Waals surface area contributed by atoms with E-state index in [0.717, 1.165) is 0 Å². The highest BCUT2D eigenvalue weighted by Crippen LogP contribution is 2.12. The number of carbonyl (C=O) groups excluding carboxylic acids is 3. The fraction of sp³-hybridized carbons (Fsp3) is 0.300. The lowest BCUT2D eigenvalue weighted by atomic mass is 10.2. The predicted octanol–water partition coefficient (Wildman–Crippen LogP) is 2.28. The fourth-order valence-electron chi connectivity index (χ4n) is 2.32. The first kappa shape index (κ1) is 21.0. The molecule has 0 spiro atoms. The molecule has 0 fully saturated rings. The Morgan fingerprint density at radius 1 is 1.04 bits per heavy atom. The van der Waals surface area contributed by atoms with Crippen molar-refractivity contribution >= 4 is 23.5 Å². The van der Waals surface area contributed by atoms with E-state index in [0.29, 0.717) is 43.0 Å². The van der Waals surface area contributed by atoms with Gasteiger partial charge in [-0.05, 0) is 49.7 Å². The van der Waals surface area contributed by atoms with Gasteiger partial charge in [-0.15, -0.1) is 0 Å². The van der Waals surface area contributed by atoms with Crippen LogP contribution in [0.3, 0.4) is 0 Å². The number of ether oxygens (including phenoxy) is 2. The van der Waals surface area contributed by atoms with Crippen molar-refractivity contribution in [1.82, 2.24) is 10.3 Å². The summed E-state index contributed by atoms with van der Waals surface area (Å²) < 4.78 is 9.84. The Morgan fingerprint density at radius 2 is 1.79 bits per heavy atom. The van der Waals surface area contributed by atoms with E-state index in [9.17, 15) is 14.4 Å². The molecule has 0 unspecified atom stereocenters. The van der Waals surface area contributed by atoms with Crippen molar-refractivity contribution in [1.29, 1.82) is 0 Å². The number of methoxy groups -OCH3 is 1. The monoisotopic (exact) mass is 385 g/mol. The third-order valence-electron chi connectivity index (χ3n) is 3.72. The number of benzene rings is 1. The highest BCUT2D eigenvalue weighted by Gasteiger charge is 2.13. The van der Waals surface area contributed by atoms with Crippen molar-refractivity contribution in [3.05, 3.63) is 59.4 Å². The zero-order chi connectivity index (χ0) is 20.4. The van der Waals surface area contributed by atoms with Crippen LogP contribution in [-0.4, -0.2) is 49.6 Å². The van der Waals surface area contributed by atoms with Gasteiger partial charge in [-0.3, -0.25) is 14.6 Å². The minimum atomic E-state index is -0.460. The van der Waals surface area contributed by atoms with Gasteiger partial charge in [0.2, 0.25) is 0 Å². The molecule has 0 saturated carbocycles. The van der Waals surface area contributed by atoms with Gasteiger partial charge in [-0.1, -0.05) is 0 Å². The minimum Gasteiger partial charge on any atom is -0.462 e. The SMILES string of the molecule is CCOC(=O)c1ccc(NC(=O)c2cc(C(=O)NCCCOC)ccn2)cc1. The standard InChI is InChI=1S/C20H23N3O5/c1-3-28-20(26)14-5-7-16(8-6-14)23-19(25)17-13-15(9-11-21-17)18(24)22-10-4-12-27-2/h5-9,11,13H,3-4,10,12H2,1-2H3,(H,22,24)(H,23,25). The molecule has 8 nitrogen and oxygen atoms in total. The van der Waals surface area contributed by atoms with E-state index in [2.05, 4.69) is 15.6 Å². The molecule has 0 atom stereocenters. The number of esters is 1. The van der Waals surface area contributed by atoms with Crippen molar-refractivity contribution in [2.75, 3.05) is 32.2 Å². The van der Waals surface area contributed by atoms with Crippen molar-refractivity contribution in [2.24, 2.45) is 0 Å². The first-order chi connectivity index (χ1) is 13.5. The number of rotatable bonds is 9. The summed E-state index contributed by atoms with van der Waals surface area (Å²) in [6.07, 6.45) is 2.10. The lowest BCUT2D eigenvalue weighted by Gasteiger charge is -2.08. The summed E-state index contributed by atoms with van der Waals surface area (Å²) in [7, 11) is 1.60. The second kappa shape index (κ2) is 10.8. The van der Waals surface area contributed by atoms with Crippen LogP contribution in [0.5, 0.6) is 0 Å². The molecule has 1 aromatic carbocycles. The molecule has 0 aliphatic carbocycles. The van der Waals surface area contributed by atoms with Crippen LogP contribution in [0.15, 0.2) is 42.6 Å². The molecule has 0 radical (unpaired) electrons. The average Bonchev–Trinajstić information content (AvgIpc) is 2.72. The molecule has 0 saturated heterocycles. The molecular weight excluding hydrogens is 362 g/mol. The number of hydrogen-bond acceptors (Lipinski definition) is 6. The quantitative estimate of drug-likeness (QED) is 0.507. The van der Waals surface area contributed by atoms with Gasteiger partial charge in [0.05, 0.1) is 12.2 Å². The van der Waals surface area contributed by atoms with Crippen LogP contribution in [-0.2, 0) is 9.47 Å². The van der Waals surface area contributed by atoms with Gasteiger partial charge in [0, 0.05) is 37.7 Å². The van der Waals surface area contributed by atoms with Gasteiger partial charge < -0.3 is 20.1 Å². The Hall–Kier alpha value is -3.26. The largest absolute Gasteiger partial charge is 0.462 e. The normalized spacial score (nSPS) is 10.2. The van der Waals surface area contributed by atoms with Crippen LogP contribution in [0.2, 0.25) is 0 Å². The molecule has 1 heterocycles. The van der Waals surface area contributed by atoms with Crippen molar-refractivity contribution in [3.63, 3.8) is 0 Å². The summed E-state index contributed by atoms with van der Waals surface area (Å²) in [4.78, 5) is 40.2. The molecule has 148 valence electrons. The Bertz CT molecular complexity index is 821. The van der Waals surface area contributed by atoms with Crippen LogP contribution in [0, 0.1) is 0 Å². The third kappa shape index (κ3) is 6.17. The Labute approximate surface area is 163 Å². The van der Waals surface area contributed by atoms with Crippen molar-refractivity contribution in [2.45, 2.75) is 13.3 Å². The number of pyridine rings is 1. The number of nitrogens with zero attached hydrogens (tertiary/aromatic N) is 1. The Balaban J connectivity index is 1.98. The van der Waals surface area contributed by atoms with E-state index in [-0.39, 0.29) is 11.6 Å². The topological polar surface area (TPSA) is 107 Å². The van der Waals surface area contributed by atoms with Crippen LogP contribution in [0.1, 0.15) is 44.5 Å². The van der Waals surface area contributed by atoms with Gasteiger partial charge >= 0.3 is 5.97 Å². The molecule has 1 aromatic heterocycles. The summed E-state index contributed by atoms with van der Waals surface area (Å²) >= 11 is 0. The molecule has 2 N–H and O–H groups in total. The van der Waals surface area contributed by atoms with Crippen LogP contribution >= 0.6 is 0 Å². The number of hydrogen-bond donors (Lipinski definition) is 2. The molecule has 8 heteroatoms. The van der Waals surface area contributed by atoms with Gasteiger partial charge in [0.25, 0.3) is 11.8 Å². The van der Waals surface area contributed by atoms with Crippen molar-refractivity contribution < 1.29 is 23.9 Å². The summed E-state index contributed by atoms with van der Waals surface area (Å²) in [5.41, 5.74) is 1.34. The second-order valence-electron chi connectivity index (χ2n) is 5.78. The number of carbonyl (C=O) groups is 3. The van der Waals surface area contributed by atoms with E-state index in [1.165, 1.54) is 18.3 Å². The Kier molecular flexibility index (Phi) is 8.11. The summed E-state index contributed by atoms with van der Waals surface area (Å²) in [5, 5.41) is 5.44. The first-order valence-electron chi connectivity index (χ1n) is 8.87. The van der Waals surface area contributed by atoms with Crippen LogP contribution < -0.4 is 10.6 Å². The van der Waals surface area contributed by atoms with Crippen LogP contribution in [0.25, 0.3) is 0 Å². The zero-order valence-electron chi connectivity index (χ0n) is 15.9. The smallest absolute Gasteiger partial charge is 0.338 e. The number of nitrogens with one attached hydrogen (secondary N) is 2. The van der Waals surface area contributed by atoms with Gasteiger partial charge in [0.1, 0.15) is 5.69 Å². The number of anilines is 1. The molecular formula is C20H23N3O5. The van der Waals surface area contributed by atoms with Crippen LogP contribution in [0.4, 0.5) is 5.69 Å². The van der Waals surface area contributed by atoms with E-state index >= 15 is 0 Å². The zero-order valence-corrected chi connectivity index (χ0v) is 15.9. The molecule has 0 aliphatic heterocycles. The minimum absolute atomic E-state index is 0.110. The first-order valence-corrected chi connectivity index (χ1v) is 8.87. The van der Waals surface area contributed by atoms with E-state index in [4.69, 9.17) is 9.47 Å². The molecule has 2 amide bonds. The summed E-state index contributed by atoms with van der Waals surface area (Å²) in [6, 6.07) is 9.27. The molecule has 0 aliphatic rings. The predicted molar refractivity (Wildman–Crippen MR) is 103 cm³/mol. The maximum Gasteiger partial charge on any atom is 0.338 e. The number of aromatic nitrogens is 1. The average molecular weight is 385 g/mol. The van der Waals surface area contributed by atoms with Gasteiger partial charge in [0.15, 0.2) is 0 Å². The van der Waals surface area contributed by atoms with Crippen molar-refractivity contribution in [3.8, 4) is 0 Å². The summed E-state index contributed by atoms with van der Waals surface area (Å²) in [6.45, 7) is 3.05. The third-order valence-corrected chi connectivity index (χ3v) is 3.72. The maximum absolute atomic E-state index is 12.4. The molecule has 2 aromatic rings. The Morgan fingerprint density at radius 3 is 2.46 bits per heavy atom. The highest BCUT2D eigenvalue weighted by atomic mass is 16.5. The van der Waals surface area contributed by atoms with E-state index < -0.39 is 11.9 Å². The second-order valence-corrected chi connectivity index (χ2v) is 5.78. The van der Waals surface area contributed by atoms with Gasteiger partial charge in [-0.2, -0.15) is 0 Å². The lowest BCUT2D eigenvalue weighted by molar-refractivity contribution is 0.0526. The lowest BCUT2D eigenvalue weighted by Crippen LogP contribution is -2.25. The van der Waals surface area contributed by atoms with Gasteiger partial charge in [-0.25, -0.2) is 4.79 Å². The molecule has 2 rings (SSSR count). The highest BCUT2D eigenvalue weighted by molar-refractivity contribution is 6.05. The van der Waals surface area contributed by atoms with E-state index in [1.54, 1.807) is 38.3 Å². The molecule has 28 heavy (non-hydrogen) atoms. The summed E-state index contributed by atoms with van der Waals surface area (Å²) in [5.74, 6) is -1.17. The number of amides is 2. The fourth-order valence-corrected chi connectivity index (χ4v) is 2.32. The van der Waals surface area contributed by atoms with E-state index in [1.807, 2.05) is 0 Å². The maximum atomic E-state index is 12.4. The molecule has 0 bridgehead atoms.